The van der Waals surface area contributed by atoms with Crippen LogP contribution in [0, 0.1) is 0 Å². The number of carbonyl (C=O) groups excluding carboxylic acids is 1. The number of aromatic nitrogens is 2. The van der Waals surface area contributed by atoms with E-state index in [2.05, 4.69) is 4.98 Å². The van der Waals surface area contributed by atoms with E-state index in [1.807, 2.05) is 70.3 Å². The van der Waals surface area contributed by atoms with Crippen molar-refractivity contribution in [3.8, 4) is 0 Å². The predicted octanol–water partition coefficient (Wildman–Crippen LogP) is 3.15. The molecule has 1 aliphatic heterocycles. The zero-order chi connectivity index (χ0) is 17.8. The highest BCUT2D eigenvalue weighted by Gasteiger charge is 2.26. The first-order valence-corrected chi connectivity index (χ1v) is 8.80. The lowest BCUT2D eigenvalue weighted by molar-refractivity contribution is -0.0228. The molecule has 5 nitrogen and oxygen atoms in total. The third kappa shape index (κ3) is 3.68. The average Bonchev–Trinajstić information content (AvgIpc) is 3.21. The van der Waals surface area contributed by atoms with Crippen molar-refractivity contribution in [3.05, 3.63) is 90.0 Å². The van der Waals surface area contributed by atoms with Crippen molar-refractivity contribution in [2.75, 3.05) is 19.7 Å². The molecule has 0 spiro atoms. The molecule has 26 heavy (non-hydrogen) atoms. The molecule has 1 aliphatic rings. The predicted molar refractivity (Wildman–Crippen MR) is 98.8 cm³/mol. The summed E-state index contributed by atoms with van der Waals surface area (Å²) in [5.74, 6) is 0.0571. The number of amides is 1. The lowest BCUT2D eigenvalue weighted by atomic mass is 10.1. The molecule has 0 unspecified atom stereocenters. The molecular weight excluding hydrogens is 326 g/mol. The van der Waals surface area contributed by atoms with E-state index in [1.165, 1.54) is 0 Å². The molecule has 0 N–H and O–H groups in total. The minimum Gasteiger partial charge on any atom is -0.370 e. The molecule has 5 heteroatoms. The minimum absolute atomic E-state index is 0.0571. The van der Waals surface area contributed by atoms with Gasteiger partial charge in [-0.15, -0.1) is 0 Å². The van der Waals surface area contributed by atoms with E-state index in [9.17, 15) is 4.79 Å². The Kier molecular flexibility index (Phi) is 4.80. The van der Waals surface area contributed by atoms with E-state index in [-0.39, 0.29) is 12.0 Å². The van der Waals surface area contributed by atoms with Crippen LogP contribution in [0.3, 0.4) is 0 Å². The van der Waals surface area contributed by atoms with E-state index in [0.717, 1.165) is 16.7 Å². The molecule has 1 atom stereocenters. The second kappa shape index (κ2) is 7.54. The topological polar surface area (TPSA) is 47.4 Å². The van der Waals surface area contributed by atoms with Gasteiger partial charge in [0, 0.05) is 31.0 Å². The maximum atomic E-state index is 13.0. The number of hydrogen-bond donors (Lipinski definition) is 0. The Balaban J connectivity index is 1.48. The van der Waals surface area contributed by atoms with Gasteiger partial charge in [0.25, 0.3) is 5.91 Å². The molecule has 0 bridgehead atoms. The van der Waals surface area contributed by atoms with Crippen molar-refractivity contribution in [2.45, 2.75) is 12.6 Å². The van der Waals surface area contributed by atoms with E-state index in [0.29, 0.717) is 26.2 Å². The SMILES string of the molecule is O=C(c1cccc(Cn2ccnc2)c1)N1CCO[C@H](c2ccccc2)C1. The van der Waals surface area contributed by atoms with Gasteiger partial charge in [-0.25, -0.2) is 4.98 Å². The summed E-state index contributed by atoms with van der Waals surface area (Å²) >= 11 is 0. The molecule has 1 fully saturated rings. The van der Waals surface area contributed by atoms with Gasteiger partial charge in [0.15, 0.2) is 0 Å². The van der Waals surface area contributed by atoms with Crippen LogP contribution in [-0.2, 0) is 11.3 Å². The largest absolute Gasteiger partial charge is 0.370 e. The van der Waals surface area contributed by atoms with Crippen LogP contribution in [-0.4, -0.2) is 40.1 Å². The van der Waals surface area contributed by atoms with E-state index in [4.69, 9.17) is 4.74 Å². The van der Waals surface area contributed by atoms with Gasteiger partial charge in [-0.2, -0.15) is 0 Å². The summed E-state index contributed by atoms with van der Waals surface area (Å²) in [5.41, 5.74) is 2.91. The van der Waals surface area contributed by atoms with Crippen molar-refractivity contribution < 1.29 is 9.53 Å². The summed E-state index contributed by atoms with van der Waals surface area (Å²) in [5, 5.41) is 0. The Hall–Kier alpha value is -2.92. The van der Waals surface area contributed by atoms with Crippen LogP contribution in [0.15, 0.2) is 73.3 Å². The number of ether oxygens (including phenoxy) is 1. The maximum Gasteiger partial charge on any atom is 0.254 e. The normalized spacial score (nSPS) is 17.2. The van der Waals surface area contributed by atoms with E-state index in [1.54, 1.807) is 12.5 Å². The first kappa shape index (κ1) is 16.5. The number of hydrogen-bond acceptors (Lipinski definition) is 3. The number of imidazole rings is 1. The number of carbonyl (C=O) groups is 1. The van der Waals surface area contributed by atoms with Crippen LogP contribution in [0.4, 0.5) is 0 Å². The number of morpholine rings is 1. The van der Waals surface area contributed by atoms with Gasteiger partial charge in [0.2, 0.25) is 0 Å². The molecule has 1 saturated heterocycles. The monoisotopic (exact) mass is 347 g/mol. The zero-order valence-electron chi connectivity index (χ0n) is 14.5. The second-order valence-corrected chi connectivity index (χ2v) is 6.46. The third-order valence-corrected chi connectivity index (χ3v) is 4.62. The molecular formula is C21H21N3O2. The average molecular weight is 347 g/mol. The maximum absolute atomic E-state index is 13.0. The molecule has 3 aromatic rings. The Morgan fingerprint density at radius 2 is 2.04 bits per heavy atom. The van der Waals surface area contributed by atoms with Crippen LogP contribution < -0.4 is 0 Å². The smallest absolute Gasteiger partial charge is 0.254 e. The Labute approximate surface area is 152 Å². The lowest BCUT2D eigenvalue weighted by Gasteiger charge is -2.33. The Morgan fingerprint density at radius 1 is 1.15 bits per heavy atom. The fourth-order valence-electron chi connectivity index (χ4n) is 3.28. The molecule has 4 rings (SSSR count). The summed E-state index contributed by atoms with van der Waals surface area (Å²) in [4.78, 5) is 18.9. The Morgan fingerprint density at radius 3 is 2.85 bits per heavy atom. The second-order valence-electron chi connectivity index (χ2n) is 6.46. The van der Waals surface area contributed by atoms with Gasteiger partial charge in [-0.3, -0.25) is 4.79 Å². The molecule has 0 saturated carbocycles. The van der Waals surface area contributed by atoms with Crippen LogP contribution in [0.2, 0.25) is 0 Å². The number of rotatable bonds is 4. The van der Waals surface area contributed by atoms with Gasteiger partial charge >= 0.3 is 0 Å². The highest BCUT2D eigenvalue weighted by Crippen LogP contribution is 2.23. The fraction of sp³-hybridized carbons (Fsp3) is 0.238. The van der Waals surface area contributed by atoms with Gasteiger partial charge in [0.05, 0.1) is 19.5 Å². The summed E-state index contributed by atoms with van der Waals surface area (Å²) in [6, 6.07) is 17.9. The number of nitrogens with zero attached hydrogens (tertiary/aromatic N) is 3. The standard InChI is InChI=1S/C21H21N3O2/c25-21(19-8-4-5-17(13-19)14-23-10-9-22-16-23)24-11-12-26-20(15-24)18-6-2-1-3-7-18/h1-10,13,16,20H,11-12,14-15H2/t20-/m0/s1. The summed E-state index contributed by atoms with van der Waals surface area (Å²) < 4.78 is 7.86. The molecule has 1 aromatic heterocycles. The van der Waals surface area contributed by atoms with Crippen LogP contribution in [0.5, 0.6) is 0 Å². The van der Waals surface area contributed by atoms with Gasteiger partial charge < -0.3 is 14.2 Å². The molecule has 0 aliphatic carbocycles. The van der Waals surface area contributed by atoms with Crippen LogP contribution >= 0.6 is 0 Å². The van der Waals surface area contributed by atoms with Crippen molar-refractivity contribution in [2.24, 2.45) is 0 Å². The lowest BCUT2D eigenvalue weighted by Crippen LogP contribution is -2.42. The highest BCUT2D eigenvalue weighted by atomic mass is 16.5. The zero-order valence-corrected chi connectivity index (χ0v) is 14.5. The molecule has 2 aromatic carbocycles. The van der Waals surface area contributed by atoms with Crippen LogP contribution in [0.25, 0.3) is 0 Å². The summed E-state index contributed by atoms with van der Waals surface area (Å²) in [7, 11) is 0. The summed E-state index contributed by atoms with van der Waals surface area (Å²) in [6.45, 7) is 2.46. The first-order valence-electron chi connectivity index (χ1n) is 8.80. The van der Waals surface area contributed by atoms with E-state index >= 15 is 0 Å². The van der Waals surface area contributed by atoms with Crippen molar-refractivity contribution >= 4 is 5.91 Å². The van der Waals surface area contributed by atoms with Gasteiger partial charge in [-0.1, -0.05) is 42.5 Å². The van der Waals surface area contributed by atoms with Gasteiger partial charge in [-0.05, 0) is 23.3 Å². The van der Waals surface area contributed by atoms with Crippen LogP contribution in [0.1, 0.15) is 27.6 Å². The third-order valence-electron chi connectivity index (χ3n) is 4.62. The molecule has 132 valence electrons. The van der Waals surface area contributed by atoms with E-state index < -0.39 is 0 Å². The Bertz CT molecular complexity index is 862. The van der Waals surface area contributed by atoms with Crippen molar-refractivity contribution in [1.29, 1.82) is 0 Å². The minimum atomic E-state index is -0.0666. The molecule has 0 radical (unpaired) electrons. The summed E-state index contributed by atoms with van der Waals surface area (Å²) in [6.07, 6.45) is 5.39. The molecule has 2 heterocycles. The number of benzene rings is 2. The first-order chi connectivity index (χ1) is 12.8. The quantitative estimate of drug-likeness (QED) is 0.728. The van der Waals surface area contributed by atoms with Crippen molar-refractivity contribution in [3.63, 3.8) is 0 Å². The highest BCUT2D eigenvalue weighted by molar-refractivity contribution is 5.94. The molecule has 1 amide bonds. The fourth-order valence-corrected chi connectivity index (χ4v) is 3.28. The van der Waals surface area contributed by atoms with Crippen molar-refractivity contribution in [1.82, 2.24) is 14.5 Å². The van der Waals surface area contributed by atoms with Gasteiger partial charge in [0.1, 0.15) is 6.10 Å².